The predicted octanol–water partition coefficient (Wildman–Crippen LogP) is 8.35. The standard InChI is InChI=1S/C27H44N2O/c1-2-3-4-5-6-7-8-9-10-11-12-13-14-15-16-17-18-25-21-24(19-20-27(25)30)26(22-28)23-29/h25H,2-21H2,1H3. The van der Waals surface area contributed by atoms with Crippen LogP contribution in [0.2, 0.25) is 0 Å². The first-order chi connectivity index (χ1) is 14.7. The molecule has 0 N–H and O–H groups in total. The maximum atomic E-state index is 12.1. The molecule has 0 saturated heterocycles. The van der Waals surface area contributed by atoms with Gasteiger partial charge in [-0.3, -0.25) is 4.79 Å². The molecule has 0 aromatic carbocycles. The smallest absolute Gasteiger partial charge is 0.136 e. The number of ketones is 1. The second-order valence-electron chi connectivity index (χ2n) is 9.16. The molecule has 168 valence electrons. The zero-order valence-corrected chi connectivity index (χ0v) is 19.5. The maximum absolute atomic E-state index is 12.1. The van der Waals surface area contributed by atoms with Gasteiger partial charge < -0.3 is 0 Å². The lowest BCUT2D eigenvalue weighted by molar-refractivity contribution is -0.123. The van der Waals surface area contributed by atoms with Crippen molar-refractivity contribution in [1.82, 2.24) is 0 Å². The molecule has 0 aromatic rings. The fraction of sp³-hybridized carbons (Fsp3) is 0.815. The molecule has 1 fully saturated rings. The predicted molar refractivity (Wildman–Crippen MR) is 125 cm³/mol. The summed E-state index contributed by atoms with van der Waals surface area (Å²) in [6.07, 6.45) is 24.4. The molecule has 0 radical (unpaired) electrons. The van der Waals surface area contributed by atoms with Gasteiger partial charge in [0.1, 0.15) is 23.5 Å². The Morgan fingerprint density at radius 2 is 1.17 bits per heavy atom. The van der Waals surface area contributed by atoms with Crippen LogP contribution in [0.5, 0.6) is 0 Å². The second kappa shape index (κ2) is 18.2. The molecule has 1 unspecified atom stereocenters. The molecule has 0 aliphatic heterocycles. The minimum Gasteiger partial charge on any atom is -0.299 e. The largest absolute Gasteiger partial charge is 0.299 e. The number of allylic oxidation sites excluding steroid dienone is 2. The molecule has 3 heteroatoms. The average molecular weight is 413 g/mol. The van der Waals surface area contributed by atoms with Crippen LogP contribution in [-0.4, -0.2) is 5.78 Å². The fourth-order valence-electron chi connectivity index (χ4n) is 4.60. The van der Waals surface area contributed by atoms with Crippen LogP contribution in [0.15, 0.2) is 11.1 Å². The Kier molecular flexibility index (Phi) is 16.0. The van der Waals surface area contributed by atoms with Gasteiger partial charge in [0.05, 0.1) is 0 Å². The lowest BCUT2D eigenvalue weighted by Crippen LogP contribution is -2.21. The van der Waals surface area contributed by atoms with Crippen molar-refractivity contribution in [3.8, 4) is 12.1 Å². The molecule has 30 heavy (non-hydrogen) atoms. The normalized spacial score (nSPS) is 16.3. The molecule has 3 nitrogen and oxygen atoms in total. The minimum atomic E-state index is 0.0390. The Labute approximate surface area is 185 Å². The van der Waals surface area contributed by atoms with E-state index in [1.807, 2.05) is 12.1 Å². The van der Waals surface area contributed by atoms with Crippen LogP contribution in [0.3, 0.4) is 0 Å². The monoisotopic (exact) mass is 412 g/mol. The van der Waals surface area contributed by atoms with Gasteiger partial charge in [-0.1, -0.05) is 110 Å². The molecule has 1 aliphatic rings. The molecule has 1 atom stereocenters. The summed E-state index contributed by atoms with van der Waals surface area (Å²) in [7, 11) is 0. The average Bonchev–Trinajstić information content (AvgIpc) is 2.76. The summed E-state index contributed by atoms with van der Waals surface area (Å²) >= 11 is 0. The van der Waals surface area contributed by atoms with E-state index in [-0.39, 0.29) is 11.5 Å². The van der Waals surface area contributed by atoms with E-state index in [2.05, 4.69) is 6.92 Å². The van der Waals surface area contributed by atoms with Gasteiger partial charge in [-0.25, -0.2) is 0 Å². The minimum absolute atomic E-state index is 0.0390. The van der Waals surface area contributed by atoms with E-state index in [0.717, 1.165) is 18.4 Å². The molecular weight excluding hydrogens is 368 g/mol. The Morgan fingerprint density at radius 1 is 0.733 bits per heavy atom. The van der Waals surface area contributed by atoms with E-state index in [9.17, 15) is 4.79 Å². The van der Waals surface area contributed by atoms with Gasteiger partial charge in [0, 0.05) is 12.3 Å². The number of hydrogen-bond acceptors (Lipinski definition) is 3. The van der Waals surface area contributed by atoms with Gasteiger partial charge >= 0.3 is 0 Å². The second-order valence-corrected chi connectivity index (χ2v) is 9.16. The zero-order valence-electron chi connectivity index (χ0n) is 19.5. The molecule has 0 heterocycles. The highest BCUT2D eigenvalue weighted by Crippen LogP contribution is 2.31. The van der Waals surface area contributed by atoms with Gasteiger partial charge in [0.15, 0.2) is 0 Å². The summed E-state index contributed by atoms with van der Waals surface area (Å²) in [5.74, 6) is 0.368. The van der Waals surface area contributed by atoms with E-state index in [0.29, 0.717) is 25.0 Å². The number of hydrogen-bond donors (Lipinski definition) is 0. The third-order valence-electron chi connectivity index (χ3n) is 6.60. The summed E-state index contributed by atoms with van der Waals surface area (Å²) in [5.41, 5.74) is 1.14. The molecular formula is C27H44N2O. The fourth-order valence-corrected chi connectivity index (χ4v) is 4.60. The van der Waals surface area contributed by atoms with Gasteiger partial charge in [-0.05, 0) is 24.8 Å². The van der Waals surface area contributed by atoms with Crippen molar-refractivity contribution in [1.29, 1.82) is 10.5 Å². The molecule has 1 rings (SSSR count). The van der Waals surface area contributed by atoms with Crippen molar-refractivity contribution < 1.29 is 4.79 Å². The Balaban J connectivity index is 1.94. The van der Waals surface area contributed by atoms with Crippen molar-refractivity contribution in [2.75, 3.05) is 0 Å². The highest BCUT2D eigenvalue weighted by Gasteiger charge is 2.26. The van der Waals surface area contributed by atoms with Gasteiger partial charge in [0.2, 0.25) is 0 Å². The topological polar surface area (TPSA) is 64.7 Å². The van der Waals surface area contributed by atoms with E-state index < -0.39 is 0 Å². The first-order valence-electron chi connectivity index (χ1n) is 12.8. The van der Waals surface area contributed by atoms with E-state index in [4.69, 9.17) is 10.5 Å². The first kappa shape index (κ1) is 26.4. The summed E-state index contributed by atoms with van der Waals surface area (Å²) in [6.45, 7) is 2.28. The Bertz CT molecular complexity index is 563. The molecule has 0 spiro atoms. The summed E-state index contributed by atoms with van der Waals surface area (Å²) < 4.78 is 0. The Morgan fingerprint density at radius 3 is 1.60 bits per heavy atom. The zero-order chi connectivity index (χ0) is 21.9. The van der Waals surface area contributed by atoms with Gasteiger partial charge in [-0.15, -0.1) is 0 Å². The lowest BCUT2D eigenvalue weighted by atomic mass is 9.80. The van der Waals surface area contributed by atoms with E-state index >= 15 is 0 Å². The molecule has 0 amide bonds. The molecule has 1 saturated carbocycles. The van der Waals surface area contributed by atoms with Crippen molar-refractivity contribution >= 4 is 5.78 Å². The van der Waals surface area contributed by atoms with Crippen LogP contribution >= 0.6 is 0 Å². The third-order valence-corrected chi connectivity index (χ3v) is 6.60. The van der Waals surface area contributed by atoms with E-state index in [1.165, 1.54) is 96.3 Å². The number of Topliss-reactive ketones (excluding diaryl/α,β-unsaturated/α-hetero) is 1. The SMILES string of the molecule is CCCCCCCCCCCCCCCCCCC1CC(=C(C#N)C#N)CCC1=O. The van der Waals surface area contributed by atoms with Crippen molar-refractivity contribution in [3.05, 3.63) is 11.1 Å². The van der Waals surface area contributed by atoms with Gasteiger partial charge in [0.25, 0.3) is 0 Å². The highest BCUT2D eigenvalue weighted by molar-refractivity contribution is 5.83. The van der Waals surface area contributed by atoms with Crippen LogP contribution in [0.1, 0.15) is 135 Å². The number of carbonyl (C=O) groups excluding carboxylic acids is 1. The number of nitriles is 2. The van der Waals surface area contributed by atoms with Crippen molar-refractivity contribution in [2.24, 2.45) is 5.92 Å². The van der Waals surface area contributed by atoms with Crippen molar-refractivity contribution in [2.45, 2.75) is 135 Å². The van der Waals surface area contributed by atoms with Crippen LogP contribution in [0.25, 0.3) is 0 Å². The van der Waals surface area contributed by atoms with Crippen LogP contribution in [0.4, 0.5) is 0 Å². The number of nitrogens with zero attached hydrogens (tertiary/aromatic N) is 2. The third kappa shape index (κ3) is 12.2. The summed E-state index contributed by atoms with van der Waals surface area (Å²) in [5, 5.41) is 18.1. The quantitative estimate of drug-likeness (QED) is 0.178. The maximum Gasteiger partial charge on any atom is 0.136 e. The number of carbonyl (C=O) groups is 1. The molecule has 1 aliphatic carbocycles. The summed E-state index contributed by atoms with van der Waals surface area (Å²) in [4.78, 5) is 12.1. The highest BCUT2D eigenvalue weighted by atomic mass is 16.1. The van der Waals surface area contributed by atoms with Crippen LogP contribution in [0, 0.1) is 28.6 Å². The lowest BCUT2D eigenvalue weighted by Gasteiger charge is -2.23. The van der Waals surface area contributed by atoms with E-state index in [1.54, 1.807) is 0 Å². The number of unbranched alkanes of at least 4 members (excludes halogenated alkanes) is 15. The Hall–Kier alpha value is -1.61. The first-order valence-corrected chi connectivity index (χ1v) is 12.8. The van der Waals surface area contributed by atoms with Gasteiger partial charge in [-0.2, -0.15) is 10.5 Å². The van der Waals surface area contributed by atoms with Crippen LogP contribution < -0.4 is 0 Å². The summed E-state index contributed by atoms with van der Waals surface area (Å²) in [6, 6.07) is 3.98. The molecule has 0 aromatic heterocycles. The van der Waals surface area contributed by atoms with Crippen LogP contribution in [-0.2, 0) is 4.79 Å². The molecule has 0 bridgehead atoms. The van der Waals surface area contributed by atoms with Crippen molar-refractivity contribution in [3.63, 3.8) is 0 Å². The number of rotatable bonds is 17.